The average molecular weight is 332 g/mol. The Morgan fingerprint density at radius 1 is 1.22 bits per heavy atom. The van der Waals surface area contributed by atoms with Gasteiger partial charge in [0.15, 0.2) is 0 Å². The van der Waals surface area contributed by atoms with Crippen LogP contribution in [0, 0.1) is 17.7 Å². The van der Waals surface area contributed by atoms with E-state index >= 15 is 0 Å². The summed E-state index contributed by atoms with van der Waals surface area (Å²) in [6, 6.07) is 13.5. The first-order valence-electron chi connectivity index (χ1n) is 7.03. The molecule has 2 aromatic rings. The molecule has 2 rings (SSSR count). The molecule has 0 aliphatic carbocycles. The van der Waals surface area contributed by atoms with Crippen molar-refractivity contribution < 1.29 is 13.9 Å². The quantitative estimate of drug-likeness (QED) is 0.675. The highest BCUT2D eigenvalue weighted by Crippen LogP contribution is 2.15. The van der Waals surface area contributed by atoms with Crippen LogP contribution in [-0.4, -0.2) is 12.6 Å². The van der Waals surface area contributed by atoms with Gasteiger partial charge in [0.05, 0.1) is 5.02 Å². The van der Waals surface area contributed by atoms with E-state index in [9.17, 15) is 9.18 Å². The lowest BCUT2D eigenvalue weighted by Gasteiger charge is -2.05. The zero-order valence-electron chi connectivity index (χ0n) is 12.3. The molecule has 0 aromatic heterocycles. The molecule has 0 fully saturated rings. The van der Waals surface area contributed by atoms with Crippen molar-refractivity contribution in [2.75, 3.05) is 6.54 Å². The summed E-state index contributed by atoms with van der Waals surface area (Å²) in [5.74, 6) is 5.30. The maximum atomic E-state index is 12.9. The first-order valence-corrected chi connectivity index (χ1v) is 7.41. The minimum Gasteiger partial charge on any atom is -0.445 e. The van der Waals surface area contributed by atoms with E-state index in [-0.39, 0.29) is 11.6 Å². The highest BCUT2D eigenvalue weighted by Gasteiger charge is 2.01. The number of ether oxygens (including phenoxy) is 1. The van der Waals surface area contributed by atoms with Gasteiger partial charge in [-0.15, -0.1) is 0 Å². The molecule has 0 heterocycles. The van der Waals surface area contributed by atoms with E-state index in [4.69, 9.17) is 16.3 Å². The van der Waals surface area contributed by atoms with Gasteiger partial charge in [-0.3, -0.25) is 0 Å². The minimum absolute atomic E-state index is 0.226. The predicted molar refractivity (Wildman–Crippen MR) is 87.5 cm³/mol. The molecule has 0 unspecified atom stereocenters. The minimum atomic E-state index is -0.490. The first-order chi connectivity index (χ1) is 11.1. The lowest BCUT2D eigenvalue weighted by molar-refractivity contribution is 0.140. The Labute approximate surface area is 139 Å². The fourth-order valence-corrected chi connectivity index (χ4v) is 1.96. The summed E-state index contributed by atoms with van der Waals surface area (Å²) in [7, 11) is 0. The summed E-state index contributed by atoms with van der Waals surface area (Å²) in [4.78, 5) is 11.5. The number of hydrogen-bond acceptors (Lipinski definition) is 2. The third-order valence-corrected chi connectivity index (χ3v) is 3.20. The largest absolute Gasteiger partial charge is 0.445 e. The summed E-state index contributed by atoms with van der Waals surface area (Å²) in [5, 5.41) is 2.88. The molecule has 0 radical (unpaired) electrons. The van der Waals surface area contributed by atoms with Gasteiger partial charge < -0.3 is 10.1 Å². The molecule has 5 heteroatoms. The van der Waals surface area contributed by atoms with Gasteiger partial charge in [0, 0.05) is 18.5 Å². The molecule has 0 aliphatic heterocycles. The number of rotatable bonds is 4. The Morgan fingerprint density at radius 3 is 2.74 bits per heavy atom. The molecule has 0 saturated carbocycles. The zero-order valence-corrected chi connectivity index (χ0v) is 13.1. The molecule has 1 N–H and O–H groups in total. The SMILES string of the molecule is O=C(NCCC#Cc1ccc(F)cc1Cl)OCc1ccccc1. The monoisotopic (exact) mass is 331 g/mol. The van der Waals surface area contributed by atoms with Gasteiger partial charge in [-0.05, 0) is 23.8 Å². The molecular weight excluding hydrogens is 317 g/mol. The van der Waals surface area contributed by atoms with Crippen LogP contribution in [0.5, 0.6) is 0 Å². The number of alkyl carbamates (subject to hydrolysis) is 1. The van der Waals surface area contributed by atoms with Gasteiger partial charge in [-0.2, -0.15) is 0 Å². The Hall–Kier alpha value is -2.51. The van der Waals surface area contributed by atoms with Gasteiger partial charge in [-0.1, -0.05) is 53.8 Å². The van der Waals surface area contributed by atoms with Crippen LogP contribution in [0.4, 0.5) is 9.18 Å². The number of hydrogen-bond donors (Lipinski definition) is 1. The molecule has 23 heavy (non-hydrogen) atoms. The van der Waals surface area contributed by atoms with Crippen LogP contribution >= 0.6 is 11.6 Å². The van der Waals surface area contributed by atoms with E-state index < -0.39 is 11.9 Å². The van der Waals surface area contributed by atoms with E-state index in [2.05, 4.69) is 17.2 Å². The molecule has 0 atom stereocenters. The molecule has 2 aromatic carbocycles. The third-order valence-electron chi connectivity index (χ3n) is 2.89. The van der Waals surface area contributed by atoms with E-state index in [0.29, 0.717) is 18.5 Å². The summed E-state index contributed by atoms with van der Waals surface area (Å²) >= 11 is 5.86. The molecule has 0 bridgehead atoms. The lowest BCUT2D eigenvalue weighted by atomic mass is 10.2. The molecule has 1 amide bonds. The summed E-state index contributed by atoms with van der Waals surface area (Å²) in [5.41, 5.74) is 1.48. The van der Waals surface area contributed by atoms with Crippen LogP contribution in [0.25, 0.3) is 0 Å². The molecule has 0 saturated heterocycles. The second-order valence-electron chi connectivity index (χ2n) is 4.66. The number of halogens is 2. The van der Waals surface area contributed by atoms with Crippen molar-refractivity contribution in [3.05, 3.63) is 70.5 Å². The van der Waals surface area contributed by atoms with Crippen LogP contribution in [0.3, 0.4) is 0 Å². The Morgan fingerprint density at radius 2 is 2.00 bits per heavy atom. The van der Waals surface area contributed by atoms with Gasteiger partial charge >= 0.3 is 6.09 Å². The number of amides is 1. The van der Waals surface area contributed by atoms with Gasteiger partial charge in [0.2, 0.25) is 0 Å². The van der Waals surface area contributed by atoms with Crippen LogP contribution in [0.15, 0.2) is 48.5 Å². The van der Waals surface area contributed by atoms with Crippen molar-refractivity contribution in [1.82, 2.24) is 5.32 Å². The van der Waals surface area contributed by atoms with Crippen LogP contribution < -0.4 is 5.32 Å². The maximum absolute atomic E-state index is 12.9. The number of carbonyl (C=O) groups is 1. The highest BCUT2D eigenvalue weighted by molar-refractivity contribution is 6.31. The van der Waals surface area contributed by atoms with E-state index in [1.807, 2.05) is 30.3 Å². The highest BCUT2D eigenvalue weighted by atomic mass is 35.5. The smallest absolute Gasteiger partial charge is 0.407 e. The average Bonchev–Trinajstić information content (AvgIpc) is 2.55. The van der Waals surface area contributed by atoms with Crippen molar-refractivity contribution >= 4 is 17.7 Å². The first kappa shape index (κ1) is 16.9. The maximum Gasteiger partial charge on any atom is 0.407 e. The van der Waals surface area contributed by atoms with Gasteiger partial charge in [0.25, 0.3) is 0 Å². The molecular formula is C18H15ClFNO2. The topological polar surface area (TPSA) is 38.3 Å². The molecule has 0 aliphatic rings. The van der Waals surface area contributed by atoms with Crippen LogP contribution in [-0.2, 0) is 11.3 Å². The molecule has 3 nitrogen and oxygen atoms in total. The molecule has 0 spiro atoms. The predicted octanol–water partition coefficient (Wildman–Crippen LogP) is 4.15. The summed E-state index contributed by atoms with van der Waals surface area (Å²) in [6.45, 7) is 0.586. The van der Waals surface area contributed by atoms with Gasteiger partial charge in [-0.25, -0.2) is 9.18 Å². The summed E-state index contributed by atoms with van der Waals surface area (Å²) < 4.78 is 17.9. The summed E-state index contributed by atoms with van der Waals surface area (Å²) in [6.07, 6.45) is -0.0517. The van der Waals surface area contributed by atoms with Crippen LogP contribution in [0.1, 0.15) is 17.5 Å². The normalized spacial score (nSPS) is 9.65. The second kappa shape index (κ2) is 8.82. The zero-order chi connectivity index (χ0) is 16.5. The van der Waals surface area contributed by atoms with Crippen molar-refractivity contribution in [3.8, 4) is 11.8 Å². The fraction of sp³-hybridized carbons (Fsp3) is 0.167. The number of nitrogens with one attached hydrogen (secondary N) is 1. The Balaban J connectivity index is 1.69. The Bertz CT molecular complexity index is 723. The van der Waals surface area contributed by atoms with Crippen molar-refractivity contribution in [2.45, 2.75) is 13.0 Å². The standard InChI is InChI=1S/C18H15ClFNO2/c19-17-12-16(20)10-9-15(17)8-4-5-11-21-18(22)23-13-14-6-2-1-3-7-14/h1-3,6-7,9-10,12H,5,11,13H2,(H,21,22). The van der Waals surface area contributed by atoms with E-state index in [1.165, 1.54) is 18.2 Å². The lowest BCUT2D eigenvalue weighted by Crippen LogP contribution is -2.24. The molecule has 118 valence electrons. The number of benzene rings is 2. The Kier molecular flexibility index (Phi) is 6.46. The van der Waals surface area contributed by atoms with Crippen molar-refractivity contribution in [1.29, 1.82) is 0 Å². The fourth-order valence-electron chi connectivity index (χ4n) is 1.75. The third kappa shape index (κ3) is 6.01. The number of carbonyl (C=O) groups excluding carboxylic acids is 1. The van der Waals surface area contributed by atoms with Gasteiger partial charge in [0.1, 0.15) is 12.4 Å². The van der Waals surface area contributed by atoms with Crippen molar-refractivity contribution in [2.24, 2.45) is 0 Å². The van der Waals surface area contributed by atoms with E-state index in [1.54, 1.807) is 0 Å². The van der Waals surface area contributed by atoms with Crippen LogP contribution in [0.2, 0.25) is 5.02 Å². The van der Waals surface area contributed by atoms with E-state index in [0.717, 1.165) is 5.56 Å². The van der Waals surface area contributed by atoms with Crippen molar-refractivity contribution in [3.63, 3.8) is 0 Å². The second-order valence-corrected chi connectivity index (χ2v) is 5.07.